The first-order valence-corrected chi connectivity index (χ1v) is 7.57. The zero-order chi connectivity index (χ0) is 16.0. The van der Waals surface area contributed by atoms with Crippen molar-refractivity contribution in [3.8, 4) is 0 Å². The predicted molar refractivity (Wildman–Crippen MR) is 87.0 cm³/mol. The highest BCUT2D eigenvalue weighted by molar-refractivity contribution is 9.10. The van der Waals surface area contributed by atoms with Gasteiger partial charge < -0.3 is 10.5 Å². The Balaban J connectivity index is 1.64. The van der Waals surface area contributed by atoms with Crippen LogP contribution in [0.1, 0.15) is 16.2 Å². The van der Waals surface area contributed by atoms with Crippen LogP contribution in [0.5, 0.6) is 0 Å². The first-order chi connectivity index (χ1) is 11.1. The number of hydrazine groups is 2. The number of fused-ring (bicyclic) bond motifs is 2. The van der Waals surface area contributed by atoms with Crippen LogP contribution in [0.4, 0.5) is 11.4 Å². The highest BCUT2D eigenvalue weighted by Gasteiger charge is 2.19. The lowest BCUT2D eigenvalue weighted by atomic mass is 10.2. The number of anilines is 2. The first kappa shape index (κ1) is 14.0. The van der Waals surface area contributed by atoms with Gasteiger partial charge in [0, 0.05) is 4.47 Å². The summed E-state index contributed by atoms with van der Waals surface area (Å²) in [5.74, 6) is -1.07. The van der Waals surface area contributed by atoms with Gasteiger partial charge in [0.15, 0.2) is 11.3 Å². The molecule has 1 aliphatic heterocycles. The lowest BCUT2D eigenvalue weighted by Crippen LogP contribution is -2.35. The number of imidazole rings is 1. The summed E-state index contributed by atoms with van der Waals surface area (Å²) in [6.07, 6.45) is 1.40. The second-order valence-electron chi connectivity index (χ2n) is 5.04. The minimum Gasteiger partial charge on any atom is -0.476 e. The number of hydrogen-bond acceptors (Lipinski definition) is 6. The van der Waals surface area contributed by atoms with Crippen molar-refractivity contribution in [3.05, 3.63) is 52.4 Å². The number of hydrogen-bond donors (Lipinski definition) is 3. The molecular formula is C14H11BrN6O2. The molecule has 0 fully saturated rings. The summed E-state index contributed by atoms with van der Waals surface area (Å²) in [5.41, 5.74) is 9.38. The average molecular weight is 375 g/mol. The number of halogens is 1. The second kappa shape index (κ2) is 5.21. The minimum absolute atomic E-state index is 0.0232. The Labute approximate surface area is 138 Å². The van der Waals surface area contributed by atoms with Crippen molar-refractivity contribution in [1.29, 1.82) is 0 Å². The molecule has 4 rings (SSSR count). The van der Waals surface area contributed by atoms with E-state index in [0.717, 1.165) is 21.5 Å². The Morgan fingerprint density at radius 2 is 2.17 bits per heavy atom. The third kappa shape index (κ3) is 2.49. The van der Waals surface area contributed by atoms with Crippen LogP contribution in [-0.2, 0) is 6.54 Å². The lowest BCUT2D eigenvalue weighted by molar-refractivity contribution is 0.0691. The van der Waals surface area contributed by atoms with Crippen LogP contribution in [0.2, 0.25) is 0 Å². The van der Waals surface area contributed by atoms with Crippen molar-refractivity contribution in [2.75, 3.05) is 10.4 Å². The number of carboxylic acid groups (broad SMARTS) is 1. The molecule has 0 unspecified atom stereocenters. The Morgan fingerprint density at radius 3 is 3.00 bits per heavy atom. The largest absolute Gasteiger partial charge is 0.476 e. The fourth-order valence-corrected chi connectivity index (χ4v) is 2.77. The number of carbonyl (C=O) groups is 1. The van der Waals surface area contributed by atoms with Gasteiger partial charge in [0.2, 0.25) is 0 Å². The van der Waals surface area contributed by atoms with Gasteiger partial charge >= 0.3 is 5.97 Å². The van der Waals surface area contributed by atoms with Gasteiger partial charge in [-0.15, -0.1) is 5.53 Å². The van der Waals surface area contributed by atoms with Gasteiger partial charge in [-0.05, 0) is 30.3 Å². The van der Waals surface area contributed by atoms with Crippen molar-refractivity contribution in [2.45, 2.75) is 6.54 Å². The molecule has 3 heterocycles. The molecule has 0 aliphatic carbocycles. The van der Waals surface area contributed by atoms with Crippen LogP contribution in [-0.4, -0.2) is 25.7 Å². The maximum atomic E-state index is 11.0. The van der Waals surface area contributed by atoms with Crippen LogP contribution in [0.3, 0.4) is 0 Å². The average Bonchev–Trinajstić information content (AvgIpc) is 3.11. The molecule has 0 saturated heterocycles. The van der Waals surface area contributed by atoms with Gasteiger partial charge in [0.05, 0.1) is 29.8 Å². The van der Waals surface area contributed by atoms with E-state index in [1.807, 2.05) is 29.3 Å². The van der Waals surface area contributed by atoms with E-state index in [1.165, 1.54) is 10.7 Å². The summed E-state index contributed by atoms with van der Waals surface area (Å²) in [4.78, 5) is 15.0. The molecule has 0 saturated carbocycles. The van der Waals surface area contributed by atoms with Crippen molar-refractivity contribution < 1.29 is 9.90 Å². The summed E-state index contributed by atoms with van der Waals surface area (Å²) in [6, 6.07) is 9.50. The molecule has 3 N–H and O–H groups in total. The molecule has 0 spiro atoms. The molecule has 0 radical (unpaired) electrons. The molecule has 23 heavy (non-hydrogen) atoms. The number of nitrogens with one attached hydrogen (secondary N) is 2. The molecule has 0 amide bonds. The fraction of sp³-hybridized carbons (Fsp3) is 0.0714. The minimum atomic E-state index is -1.07. The van der Waals surface area contributed by atoms with Gasteiger partial charge in [-0.25, -0.2) is 14.3 Å². The maximum absolute atomic E-state index is 11.0. The molecule has 0 atom stereocenters. The van der Waals surface area contributed by atoms with E-state index in [0.29, 0.717) is 12.2 Å². The van der Waals surface area contributed by atoms with Crippen LogP contribution < -0.4 is 16.0 Å². The first-order valence-electron chi connectivity index (χ1n) is 6.77. The summed E-state index contributed by atoms with van der Waals surface area (Å²) in [6.45, 7) is 0.507. The number of benzene rings is 1. The smallest absolute Gasteiger partial charge is 0.356 e. The van der Waals surface area contributed by atoms with Gasteiger partial charge in [0.25, 0.3) is 0 Å². The third-order valence-electron chi connectivity index (χ3n) is 3.49. The third-order valence-corrected chi connectivity index (χ3v) is 3.98. The van der Waals surface area contributed by atoms with Gasteiger partial charge in [-0.2, -0.15) is 5.10 Å². The van der Waals surface area contributed by atoms with Crippen LogP contribution in [0.15, 0.2) is 41.0 Å². The van der Waals surface area contributed by atoms with E-state index >= 15 is 0 Å². The molecule has 1 aromatic carbocycles. The summed E-state index contributed by atoms with van der Waals surface area (Å²) in [5, 5.41) is 15.3. The van der Waals surface area contributed by atoms with E-state index in [-0.39, 0.29) is 5.69 Å². The molecule has 8 nitrogen and oxygen atoms in total. The summed E-state index contributed by atoms with van der Waals surface area (Å²) >= 11 is 3.46. The summed E-state index contributed by atoms with van der Waals surface area (Å²) < 4.78 is 2.46. The predicted octanol–water partition coefficient (Wildman–Crippen LogP) is 2.04. The van der Waals surface area contributed by atoms with E-state index in [9.17, 15) is 4.79 Å². The number of aromatic nitrogens is 3. The van der Waals surface area contributed by atoms with Crippen LogP contribution in [0.25, 0.3) is 5.65 Å². The Kier molecular flexibility index (Phi) is 3.17. The Morgan fingerprint density at radius 1 is 1.30 bits per heavy atom. The number of rotatable bonds is 3. The van der Waals surface area contributed by atoms with E-state index < -0.39 is 5.97 Å². The van der Waals surface area contributed by atoms with Gasteiger partial charge in [-0.1, -0.05) is 15.9 Å². The van der Waals surface area contributed by atoms with Crippen molar-refractivity contribution >= 4 is 38.9 Å². The Hall–Kier alpha value is -2.65. The normalized spacial score (nSPS) is 13.2. The van der Waals surface area contributed by atoms with Crippen LogP contribution in [0, 0.1) is 0 Å². The van der Waals surface area contributed by atoms with Crippen molar-refractivity contribution in [3.63, 3.8) is 0 Å². The quantitative estimate of drug-likeness (QED) is 0.645. The van der Waals surface area contributed by atoms with Crippen molar-refractivity contribution in [2.24, 2.45) is 0 Å². The molecule has 9 heteroatoms. The van der Waals surface area contributed by atoms with E-state index in [4.69, 9.17) is 5.11 Å². The van der Waals surface area contributed by atoms with Crippen LogP contribution >= 0.6 is 15.9 Å². The zero-order valence-corrected chi connectivity index (χ0v) is 13.3. The Bertz CT molecular complexity index is 925. The lowest BCUT2D eigenvalue weighted by Gasteiger charge is -2.17. The molecule has 2 aromatic heterocycles. The van der Waals surface area contributed by atoms with E-state index in [1.54, 1.807) is 6.07 Å². The van der Waals surface area contributed by atoms with Gasteiger partial charge in [-0.3, -0.25) is 5.01 Å². The van der Waals surface area contributed by atoms with Crippen molar-refractivity contribution in [1.82, 2.24) is 20.1 Å². The van der Waals surface area contributed by atoms with E-state index in [2.05, 4.69) is 37.0 Å². The summed E-state index contributed by atoms with van der Waals surface area (Å²) in [7, 11) is 0. The number of aromatic carboxylic acids is 1. The highest BCUT2D eigenvalue weighted by atomic mass is 79.9. The molecule has 3 aromatic rings. The fourth-order valence-electron chi connectivity index (χ4n) is 2.42. The monoisotopic (exact) mass is 374 g/mol. The molecule has 116 valence electrons. The maximum Gasteiger partial charge on any atom is 0.356 e. The SMILES string of the molecule is O=C(O)c1cn2nc(CN3NNc4ccc(Br)cc43)ccc2n1. The topological polar surface area (TPSA) is 94.8 Å². The van der Waals surface area contributed by atoms with Gasteiger partial charge in [0.1, 0.15) is 0 Å². The standard InChI is InChI=1S/C14H11BrN6O2/c15-8-1-3-10-12(5-8)20(19-17-10)6-9-2-4-13-16-11(14(22)23)7-21(13)18-9/h1-5,7,17,19H,6H2,(H,22,23). The zero-order valence-electron chi connectivity index (χ0n) is 11.7. The molecule has 1 aliphatic rings. The molecule has 0 bridgehead atoms. The molecular weight excluding hydrogens is 364 g/mol. The number of nitrogens with zero attached hydrogens (tertiary/aromatic N) is 4. The second-order valence-corrected chi connectivity index (χ2v) is 5.96. The number of carboxylic acids is 1. The highest BCUT2D eigenvalue weighted by Crippen LogP contribution is 2.32.